The molecule has 0 N–H and O–H groups in total. The van der Waals surface area contributed by atoms with E-state index in [4.69, 9.17) is 0 Å². The van der Waals surface area contributed by atoms with Crippen molar-refractivity contribution in [3.8, 4) is 0 Å². The lowest BCUT2D eigenvalue weighted by atomic mass is 10.2. The van der Waals surface area contributed by atoms with Crippen molar-refractivity contribution in [1.29, 1.82) is 0 Å². The van der Waals surface area contributed by atoms with E-state index in [1.54, 1.807) is 0 Å². The number of rotatable bonds is 0. The van der Waals surface area contributed by atoms with Crippen LogP contribution >= 0.6 is 0 Å². The van der Waals surface area contributed by atoms with E-state index in [2.05, 4.69) is 6.92 Å². The number of hydrogen-bond donors (Lipinski definition) is 0. The molecule has 0 unspecified atom stereocenters. The highest BCUT2D eigenvalue weighted by Gasteiger charge is 2.07. The third-order valence-electron chi connectivity index (χ3n) is 1.64. The zero-order valence-corrected chi connectivity index (χ0v) is 10.4. The standard InChI is InChI=1S/C6H12.3C2H6.CH4/c1-6-4-2-3-5-6;3*1-2;/h6H,2-5H2,1H3;3*1-2H3;1H4. The van der Waals surface area contributed by atoms with Crippen molar-refractivity contribution in [3.63, 3.8) is 0 Å². The maximum atomic E-state index is 2.34. The van der Waals surface area contributed by atoms with Crippen LogP contribution in [0.1, 0.15) is 81.6 Å². The van der Waals surface area contributed by atoms with Gasteiger partial charge in [-0.3, -0.25) is 0 Å². The summed E-state index contributed by atoms with van der Waals surface area (Å²) < 4.78 is 0. The highest BCUT2D eigenvalue weighted by molar-refractivity contribution is 4.60. The predicted molar refractivity (Wildman–Crippen MR) is 68.4 cm³/mol. The Morgan fingerprint density at radius 2 is 0.923 bits per heavy atom. The van der Waals surface area contributed by atoms with Crippen LogP contribution in [0, 0.1) is 5.92 Å². The highest BCUT2D eigenvalue weighted by atomic mass is 14.1. The first-order chi connectivity index (χ1) is 5.89. The molecule has 1 aliphatic rings. The first-order valence-corrected chi connectivity index (χ1v) is 5.89. The Bertz CT molecular complexity index is 33.3. The monoisotopic (exact) mass is 190 g/mol. The van der Waals surface area contributed by atoms with Gasteiger partial charge in [-0.15, -0.1) is 0 Å². The molecule has 0 aliphatic heterocycles. The van der Waals surface area contributed by atoms with Gasteiger partial charge in [-0.1, -0.05) is 81.6 Å². The molecule has 0 spiro atoms. The molecule has 0 amide bonds. The molecule has 0 nitrogen and oxygen atoms in total. The summed E-state index contributed by atoms with van der Waals surface area (Å²) in [4.78, 5) is 0. The molecule has 0 atom stereocenters. The molecule has 0 aromatic heterocycles. The normalized spacial score (nSPS) is 13.2. The first kappa shape index (κ1) is 23.1. The van der Waals surface area contributed by atoms with E-state index in [-0.39, 0.29) is 7.43 Å². The van der Waals surface area contributed by atoms with Crippen LogP contribution in [0.2, 0.25) is 0 Å². The molecule has 0 bridgehead atoms. The molecular formula is C13H34. The zero-order valence-electron chi connectivity index (χ0n) is 10.4. The van der Waals surface area contributed by atoms with E-state index in [0.717, 1.165) is 5.92 Å². The van der Waals surface area contributed by atoms with Crippen molar-refractivity contribution in [2.75, 3.05) is 0 Å². The lowest BCUT2D eigenvalue weighted by Crippen LogP contribution is -1.78. The summed E-state index contributed by atoms with van der Waals surface area (Å²) in [7, 11) is 0. The van der Waals surface area contributed by atoms with Crippen LogP contribution in [-0.4, -0.2) is 0 Å². The second-order valence-electron chi connectivity index (χ2n) is 2.39. The van der Waals surface area contributed by atoms with Crippen molar-refractivity contribution in [1.82, 2.24) is 0 Å². The summed E-state index contributed by atoms with van der Waals surface area (Å²) in [5, 5.41) is 0. The second kappa shape index (κ2) is 29.6. The van der Waals surface area contributed by atoms with Crippen molar-refractivity contribution < 1.29 is 0 Å². The van der Waals surface area contributed by atoms with E-state index < -0.39 is 0 Å². The van der Waals surface area contributed by atoms with E-state index >= 15 is 0 Å². The Labute approximate surface area is 88.1 Å². The summed E-state index contributed by atoms with van der Waals surface area (Å²) in [5.74, 6) is 1.05. The van der Waals surface area contributed by atoms with Gasteiger partial charge in [0.1, 0.15) is 0 Å². The van der Waals surface area contributed by atoms with Crippen molar-refractivity contribution >= 4 is 0 Å². The third-order valence-corrected chi connectivity index (χ3v) is 1.64. The zero-order chi connectivity index (χ0) is 10.4. The van der Waals surface area contributed by atoms with Gasteiger partial charge in [0.2, 0.25) is 0 Å². The molecule has 1 fully saturated rings. The Kier molecular flexibility index (Phi) is 52.7. The van der Waals surface area contributed by atoms with Gasteiger partial charge >= 0.3 is 0 Å². The summed E-state index contributed by atoms with van der Waals surface area (Å²) in [6.07, 6.45) is 5.95. The second-order valence-corrected chi connectivity index (χ2v) is 2.39. The average molecular weight is 190 g/mol. The van der Waals surface area contributed by atoms with Gasteiger partial charge < -0.3 is 0 Å². The van der Waals surface area contributed by atoms with Crippen molar-refractivity contribution in [2.24, 2.45) is 5.92 Å². The molecule has 86 valence electrons. The Morgan fingerprint density at radius 1 is 0.692 bits per heavy atom. The Balaban J connectivity index is -0.0000000508. The van der Waals surface area contributed by atoms with E-state index in [1.165, 1.54) is 25.7 Å². The fourth-order valence-corrected chi connectivity index (χ4v) is 1.13. The minimum absolute atomic E-state index is 0. The fraction of sp³-hybridized carbons (Fsp3) is 1.00. The lowest BCUT2D eigenvalue weighted by molar-refractivity contribution is 0.612. The van der Waals surface area contributed by atoms with Crippen molar-refractivity contribution in [2.45, 2.75) is 81.6 Å². The fourth-order valence-electron chi connectivity index (χ4n) is 1.13. The van der Waals surface area contributed by atoms with E-state index in [0.29, 0.717) is 0 Å². The van der Waals surface area contributed by atoms with Gasteiger partial charge in [0.15, 0.2) is 0 Å². The third kappa shape index (κ3) is 24.5. The first-order valence-electron chi connectivity index (χ1n) is 5.89. The van der Waals surface area contributed by atoms with Gasteiger partial charge in [-0.2, -0.15) is 0 Å². The maximum Gasteiger partial charge on any atom is -0.0443 e. The smallest absolute Gasteiger partial charge is 0.0443 e. The van der Waals surface area contributed by atoms with Crippen LogP contribution in [0.5, 0.6) is 0 Å². The van der Waals surface area contributed by atoms with Crippen LogP contribution in [0.3, 0.4) is 0 Å². The Morgan fingerprint density at radius 3 is 1.00 bits per heavy atom. The molecule has 1 aliphatic carbocycles. The van der Waals surface area contributed by atoms with Gasteiger partial charge in [-0.25, -0.2) is 0 Å². The molecule has 0 heterocycles. The van der Waals surface area contributed by atoms with Crippen LogP contribution in [0.4, 0.5) is 0 Å². The van der Waals surface area contributed by atoms with E-state index in [1.807, 2.05) is 41.5 Å². The largest absolute Gasteiger partial charge is 0.0776 e. The average Bonchev–Trinajstić information content (AvgIpc) is 2.66. The lowest BCUT2D eigenvalue weighted by Gasteiger charge is -1.91. The molecule has 1 saturated carbocycles. The molecule has 0 heteroatoms. The van der Waals surface area contributed by atoms with Gasteiger partial charge in [0.05, 0.1) is 0 Å². The van der Waals surface area contributed by atoms with Crippen molar-refractivity contribution in [3.05, 3.63) is 0 Å². The summed E-state index contributed by atoms with van der Waals surface area (Å²) in [6, 6.07) is 0. The molecule has 0 aromatic carbocycles. The van der Waals surface area contributed by atoms with Gasteiger partial charge in [-0.05, 0) is 5.92 Å². The van der Waals surface area contributed by atoms with Crippen LogP contribution in [0.15, 0.2) is 0 Å². The summed E-state index contributed by atoms with van der Waals surface area (Å²) in [5.41, 5.74) is 0. The molecule has 1 rings (SSSR count). The van der Waals surface area contributed by atoms with Gasteiger partial charge in [0.25, 0.3) is 0 Å². The predicted octanol–water partition coefficient (Wildman–Crippen LogP) is 5.91. The summed E-state index contributed by atoms with van der Waals surface area (Å²) in [6.45, 7) is 14.3. The van der Waals surface area contributed by atoms with Gasteiger partial charge in [0, 0.05) is 0 Å². The highest BCUT2D eigenvalue weighted by Crippen LogP contribution is 2.22. The quantitative estimate of drug-likeness (QED) is 0.445. The molecule has 0 aromatic rings. The van der Waals surface area contributed by atoms with Crippen LogP contribution in [0.25, 0.3) is 0 Å². The Hall–Kier alpha value is 0. The maximum absolute atomic E-state index is 2.34. The summed E-state index contributed by atoms with van der Waals surface area (Å²) >= 11 is 0. The van der Waals surface area contributed by atoms with Crippen LogP contribution in [-0.2, 0) is 0 Å². The SMILES string of the molecule is C.CC.CC.CC.CC1CCCC1. The minimum Gasteiger partial charge on any atom is -0.0776 e. The molecule has 0 radical (unpaired) electrons. The van der Waals surface area contributed by atoms with Crippen LogP contribution < -0.4 is 0 Å². The number of hydrogen-bond acceptors (Lipinski definition) is 0. The molecule has 0 saturated heterocycles. The topological polar surface area (TPSA) is 0 Å². The minimum atomic E-state index is 0. The van der Waals surface area contributed by atoms with E-state index in [9.17, 15) is 0 Å². The molecule has 13 heavy (non-hydrogen) atoms. The molecular weight excluding hydrogens is 156 g/mol.